The van der Waals surface area contributed by atoms with E-state index < -0.39 is 0 Å². The minimum Gasteiger partial charge on any atom is -0.361 e. The Kier molecular flexibility index (Phi) is 4.19. The molecule has 3 rings (SSSR count). The van der Waals surface area contributed by atoms with Crippen LogP contribution in [0.25, 0.3) is 5.69 Å². The number of aromatic nitrogens is 2. The van der Waals surface area contributed by atoms with Gasteiger partial charge in [-0.15, -0.1) is 0 Å². The zero-order valence-electron chi connectivity index (χ0n) is 12.7. The minimum absolute atomic E-state index is 0.224. The predicted octanol–water partition coefficient (Wildman–Crippen LogP) is 3.29. The van der Waals surface area contributed by atoms with Gasteiger partial charge in [-0.3, -0.25) is 9.36 Å². The highest BCUT2D eigenvalue weighted by atomic mass is 19.1. The van der Waals surface area contributed by atoms with E-state index in [0.717, 1.165) is 16.8 Å². The molecule has 0 radical (unpaired) electrons. The van der Waals surface area contributed by atoms with Crippen LogP contribution in [0.5, 0.6) is 0 Å². The standard InChI is InChI=1S/C18H16FN3O/c1-13-2-8-16(9-3-13)22-11-10-20-17(18(22)23)21-12-14-4-6-15(19)7-5-14/h2-11H,12H2,1H3,(H,20,21). The zero-order chi connectivity index (χ0) is 16.2. The molecule has 0 aliphatic rings. The first-order valence-electron chi connectivity index (χ1n) is 7.26. The number of rotatable bonds is 4. The van der Waals surface area contributed by atoms with Gasteiger partial charge < -0.3 is 5.32 Å². The van der Waals surface area contributed by atoms with Gasteiger partial charge in [0.05, 0.1) is 0 Å². The molecule has 4 nitrogen and oxygen atoms in total. The Balaban J connectivity index is 1.83. The molecule has 0 saturated carbocycles. The molecule has 0 fully saturated rings. The molecule has 2 aromatic carbocycles. The van der Waals surface area contributed by atoms with Crippen LogP contribution in [0.2, 0.25) is 0 Å². The monoisotopic (exact) mass is 309 g/mol. The Morgan fingerprint density at radius 2 is 1.78 bits per heavy atom. The van der Waals surface area contributed by atoms with Crippen LogP contribution in [0.15, 0.2) is 65.7 Å². The summed E-state index contributed by atoms with van der Waals surface area (Å²) in [5, 5.41) is 3.00. The van der Waals surface area contributed by atoms with E-state index in [9.17, 15) is 9.18 Å². The number of benzene rings is 2. The van der Waals surface area contributed by atoms with Gasteiger partial charge >= 0.3 is 0 Å². The van der Waals surface area contributed by atoms with E-state index in [1.807, 2.05) is 31.2 Å². The number of hydrogen-bond acceptors (Lipinski definition) is 3. The molecule has 116 valence electrons. The Hall–Kier alpha value is -2.95. The van der Waals surface area contributed by atoms with Crippen molar-refractivity contribution in [3.05, 3.63) is 88.2 Å². The van der Waals surface area contributed by atoms with E-state index in [1.165, 1.54) is 12.1 Å². The lowest BCUT2D eigenvalue weighted by Gasteiger charge is -2.09. The predicted molar refractivity (Wildman–Crippen MR) is 88.3 cm³/mol. The number of nitrogens with one attached hydrogen (secondary N) is 1. The summed E-state index contributed by atoms with van der Waals surface area (Å²) in [6, 6.07) is 13.8. The van der Waals surface area contributed by atoms with Crippen molar-refractivity contribution < 1.29 is 4.39 Å². The lowest BCUT2D eigenvalue weighted by Crippen LogP contribution is -2.23. The van der Waals surface area contributed by atoms with Crippen LogP contribution in [-0.2, 0) is 6.54 Å². The summed E-state index contributed by atoms with van der Waals surface area (Å²) < 4.78 is 14.4. The van der Waals surface area contributed by atoms with Gasteiger partial charge in [0.1, 0.15) is 5.82 Å². The molecule has 0 bridgehead atoms. The molecule has 3 aromatic rings. The van der Waals surface area contributed by atoms with Crippen molar-refractivity contribution in [2.45, 2.75) is 13.5 Å². The normalized spacial score (nSPS) is 10.5. The average molecular weight is 309 g/mol. The first-order chi connectivity index (χ1) is 11.1. The molecule has 0 unspecified atom stereocenters. The second-order valence-electron chi connectivity index (χ2n) is 5.27. The number of hydrogen-bond donors (Lipinski definition) is 1. The van der Waals surface area contributed by atoms with E-state index in [1.54, 1.807) is 29.1 Å². The molecule has 0 aliphatic heterocycles. The number of anilines is 1. The van der Waals surface area contributed by atoms with E-state index in [-0.39, 0.29) is 17.2 Å². The van der Waals surface area contributed by atoms with Crippen LogP contribution in [-0.4, -0.2) is 9.55 Å². The Morgan fingerprint density at radius 1 is 1.09 bits per heavy atom. The molecule has 0 saturated heterocycles. The fourth-order valence-electron chi connectivity index (χ4n) is 2.23. The molecule has 1 N–H and O–H groups in total. The molecule has 0 amide bonds. The van der Waals surface area contributed by atoms with E-state index in [0.29, 0.717) is 6.54 Å². The maximum absolute atomic E-state index is 12.9. The maximum Gasteiger partial charge on any atom is 0.297 e. The number of halogens is 1. The molecule has 1 aromatic heterocycles. The van der Waals surface area contributed by atoms with E-state index in [4.69, 9.17) is 0 Å². The highest BCUT2D eigenvalue weighted by Gasteiger charge is 2.06. The fraction of sp³-hybridized carbons (Fsp3) is 0.111. The van der Waals surface area contributed by atoms with Crippen molar-refractivity contribution in [2.24, 2.45) is 0 Å². The first kappa shape index (κ1) is 15.0. The van der Waals surface area contributed by atoms with Crippen molar-refractivity contribution >= 4 is 5.82 Å². The van der Waals surface area contributed by atoms with E-state index >= 15 is 0 Å². The van der Waals surface area contributed by atoms with Crippen LogP contribution in [0, 0.1) is 12.7 Å². The molecular weight excluding hydrogens is 293 g/mol. The average Bonchev–Trinajstić information content (AvgIpc) is 2.56. The summed E-state index contributed by atoms with van der Waals surface area (Å²) in [7, 11) is 0. The van der Waals surface area contributed by atoms with Gasteiger partial charge in [0, 0.05) is 24.6 Å². The van der Waals surface area contributed by atoms with Crippen LogP contribution in [0.3, 0.4) is 0 Å². The molecule has 0 atom stereocenters. The number of aryl methyl sites for hydroxylation is 1. The van der Waals surface area contributed by atoms with Crippen molar-refractivity contribution in [1.29, 1.82) is 0 Å². The summed E-state index contributed by atoms with van der Waals surface area (Å²) in [5.74, 6) is -0.0225. The Bertz CT molecular complexity index is 855. The third-order valence-corrected chi connectivity index (χ3v) is 3.53. The summed E-state index contributed by atoms with van der Waals surface area (Å²) >= 11 is 0. The van der Waals surface area contributed by atoms with Gasteiger partial charge in [0.25, 0.3) is 5.56 Å². The van der Waals surface area contributed by atoms with Crippen molar-refractivity contribution in [1.82, 2.24) is 9.55 Å². The highest BCUT2D eigenvalue weighted by molar-refractivity contribution is 5.39. The summed E-state index contributed by atoms with van der Waals surface area (Å²) in [4.78, 5) is 16.6. The van der Waals surface area contributed by atoms with Crippen LogP contribution < -0.4 is 10.9 Å². The highest BCUT2D eigenvalue weighted by Crippen LogP contribution is 2.09. The quantitative estimate of drug-likeness (QED) is 0.804. The second kappa shape index (κ2) is 6.44. The van der Waals surface area contributed by atoms with Gasteiger partial charge in [-0.05, 0) is 36.8 Å². The van der Waals surface area contributed by atoms with Crippen LogP contribution in [0.4, 0.5) is 10.2 Å². The van der Waals surface area contributed by atoms with Gasteiger partial charge in [-0.25, -0.2) is 9.37 Å². The molecule has 23 heavy (non-hydrogen) atoms. The molecular formula is C18H16FN3O. The summed E-state index contributed by atoms with van der Waals surface area (Å²) in [5.41, 5.74) is 2.56. The summed E-state index contributed by atoms with van der Waals surface area (Å²) in [6.07, 6.45) is 3.21. The smallest absolute Gasteiger partial charge is 0.297 e. The lowest BCUT2D eigenvalue weighted by atomic mass is 10.2. The lowest BCUT2D eigenvalue weighted by molar-refractivity contribution is 0.627. The zero-order valence-corrected chi connectivity index (χ0v) is 12.7. The van der Waals surface area contributed by atoms with Gasteiger partial charge in [0.2, 0.25) is 0 Å². The molecule has 0 aliphatic carbocycles. The fourth-order valence-corrected chi connectivity index (χ4v) is 2.23. The summed E-state index contributed by atoms with van der Waals surface area (Å²) in [6.45, 7) is 2.40. The van der Waals surface area contributed by atoms with Crippen LogP contribution >= 0.6 is 0 Å². The molecule has 0 spiro atoms. The number of nitrogens with zero attached hydrogens (tertiary/aromatic N) is 2. The SMILES string of the molecule is Cc1ccc(-n2ccnc(NCc3ccc(F)cc3)c2=O)cc1. The Labute approximate surface area is 133 Å². The van der Waals surface area contributed by atoms with Gasteiger partial charge in [-0.2, -0.15) is 0 Å². The maximum atomic E-state index is 12.9. The largest absolute Gasteiger partial charge is 0.361 e. The molecule has 1 heterocycles. The van der Waals surface area contributed by atoms with Crippen molar-refractivity contribution in [2.75, 3.05) is 5.32 Å². The Morgan fingerprint density at radius 3 is 2.48 bits per heavy atom. The first-order valence-corrected chi connectivity index (χ1v) is 7.26. The topological polar surface area (TPSA) is 46.9 Å². The second-order valence-corrected chi connectivity index (χ2v) is 5.27. The van der Waals surface area contributed by atoms with E-state index in [2.05, 4.69) is 10.3 Å². The third-order valence-electron chi connectivity index (χ3n) is 3.53. The van der Waals surface area contributed by atoms with Crippen LogP contribution in [0.1, 0.15) is 11.1 Å². The van der Waals surface area contributed by atoms with Gasteiger partial charge in [0.15, 0.2) is 5.82 Å². The minimum atomic E-state index is -0.284. The van der Waals surface area contributed by atoms with Gasteiger partial charge in [-0.1, -0.05) is 29.8 Å². The molecule has 5 heteroatoms. The van der Waals surface area contributed by atoms with Crippen molar-refractivity contribution in [3.8, 4) is 5.69 Å². The third kappa shape index (κ3) is 3.45. The van der Waals surface area contributed by atoms with Crippen molar-refractivity contribution in [3.63, 3.8) is 0 Å².